The Kier molecular flexibility index (Phi) is 7.65. The maximum Gasteiger partial charge on any atom is 0.294 e. The van der Waals surface area contributed by atoms with E-state index in [9.17, 15) is 14.4 Å². The summed E-state index contributed by atoms with van der Waals surface area (Å²) in [6.07, 6.45) is 1.63. The molecule has 2 heterocycles. The summed E-state index contributed by atoms with van der Waals surface area (Å²) in [6.45, 7) is 6.10. The average molecular weight is 496 g/mol. The largest absolute Gasteiger partial charge is 0.493 e. The first-order valence-corrected chi connectivity index (χ1v) is 12.3. The number of rotatable bonds is 7. The predicted octanol–water partition coefficient (Wildman–Crippen LogP) is 3.87. The topological polar surface area (TPSA) is 79.4 Å². The van der Waals surface area contributed by atoms with Crippen LogP contribution >= 0.6 is 11.8 Å². The van der Waals surface area contributed by atoms with Crippen LogP contribution < -0.4 is 14.4 Å². The van der Waals surface area contributed by atoms with Gasteiger partial charge in [-0.15, -0.1) is 0 Å². The lowest BCUT2D eigenvalue weighted by atomic mass is 10.2. The number of para-hydroxylation sites is 1. The molecule has 0 spiro atoms. The Labute approximate surface area is 209 Å². The second-order valence-electron chi connectivity index (χ2n) is 8.55. The molecule has 0 atom stereocenters. The van der Waals surface area contributed by atoms with Crippen molar-refractivity contribution in [3.05, 3.63) is 59.0 Å². The van der Waals surface area contributed by atoms with Crippen LogP contribution in [0.25, 0.3) is 6.08 Å². The van der Waals surface area contributed by atoms with E-state index in [4.69, 9.17) is 9.47 Å². The zero-order valence-electron chi connectivity index (χ0n) is 20.1. The van der Waals surface area contributed by atoms with Gasteiger partial charge in [-0.05, 0) is 61.5 Å². The Morgan fingerprint density at radius 3 is 2.40 bits per heavy atom. The van der Waals surface area contributed by atoms with Crippen LogP contribution in [0.15, 0.2) is 53.4 Å². The molecule has 4 rings (SSSR count). The van der Waals surface area contributed by atoms with Crippen LogP contribution in [0.5, 0.6) is 11.5 Å². The number of amides is 3. The Balaban J connectivity index is 1.38. The van der Waals surface area contributed by atoms with Gasteiger partial charge in [0.25, 0.3) is 11.1 Å². The Morgan fingerprint density at radius 2 is 1.74 bits per heavy atom. The molecule has 2 aromatic rings. The third-order valence-corrected chi connectivity index (χ3v) is 6.68. The van der Waals surface area contributed by atoms with Crippen LogP contribution in [0.2, 0.25) is 0 Å². The monoisotopic (exact) mass is 495 g/mol. The fourth-order valence-electron chi connectivity index (χ4n) is 4.00. The third kappa shape index (κ3) is 5.79. The van der Waals surface area contributed by atoms with Crippen LogP contribution in [-0.2, 0) is 9.59 Å². The number of ether oxygens (including phenoxy) is 2. The van der Waals surface area contributed by atoms with Gasteiger partial charge in [0.2, 0.25) is 5.91 Å². The Hall–Kier alpha value is -3.46. The molecule has 184 valence electrons. The van der Waals surface area contributed by atoms with Gasteiger partial charge in [-0.1, -0.05) is 24.3 Å². The number of piperazine rings is 1. The van der Waals surface area contributed by atoms with Crippen LogP contribution in [0.1, 0.15) is 19.4 Å². The van der Waals surface area contributed by atoms with Gasteiger partial charge in [-0.3, -0.25) is 19.3 Å². The van der Waals surface area contributed by atoms with E-state index in [0.29, 0.717) is 43.2 Å². The Morgan fingerprint density at radius 1 is 1.03 bits per heavy atom. The maximum absolute atomic E-state index is 12.9. The zero-order chi connectivity index (χ0) is 24.9. The van der Waals surface area contributed by atoms with E-state index in [1.165, 1.54) is 0 Å². The summed E-state index contributed by atoms with van der Waals surface area (Å²) in [5.74, 6) is 0.457. The first-order valence-electron chi connectivity index (χ1n) is 11.5. The van der Waals surface area contributed by atoms with Crippen molar-refractivity contribution in [2.75, 3.05) is 44.7 Å². The molecule has 8 nitrogen and oxygen atoms in total. The highest BCUT2D eigenvalue weighted by Crippen LogP contribution is 2.35. The van der Waals surface area contributed by atoms with Gasteiger partial charge in [-0.25, -0.2) is 0 Å². The van der Waals surface area contributed by atoms with E-state index in [-0.39, 0.29) is 23.5 Å². The molecule has 0 bridgehead atoms. The number of nitrogens with zero attached hydrogens (tertiary/aromatic N) is 3. The molecular formula is C26H29N3O5S. The number of methoxy groups -OCH3 is 1. The third-order valence-electron chi connectivity index (χ3n) is 5.77. The molecule has 35 heavy (non-hydrogen) atoms. The molecule has 0 radical (unpaired) electrons. The Bertz CT molecular complexity index is 1130. The lowest BCUT2D eigenvalue weighted by Crippen LogP contribution is -2.51. The molecule has 2 aromatic carbocycles. The lowest BCUT2D eigenvalue weighted by Gasteiger charge is -2.36. The van der Waals surface area contributed by atoms with Crippen LogP contribution in [0, 0.1) is 0 Å². The van der Waals surface area contributed by atoms with Crippen molar-refractivity contribution in [3.63, 3.8) is 0 Å². The number of hydrogen-bond donors (Lipinski definition) is 0. The van der Waals surface area contributed by atoms with Crippen molar-refractivity contribution >= 4 is 40.6 Å². The minimum absolute atomic E-state index is 0.00916. The smallest absolute Gasteiger partial charge is 0.294 e. The van der Waals surface area contributed by atoms with Gasteiger partial charge in [0.1, 0.15) is 6.54 Å². The number of carbonyl (C=O) groups is 3. The van der Waals surface area contributed by atoms with Crippen LogP contribution in [-0.4, -0.2) is 72.8 Å². The van der Waals surface area contributed by atoms with Crippen molar-refractivity contribution in [3.8, 4) is 11.5 Å². The minimum Gasteiger partial charge on any atom is -0.493 e. The second-order valence-corrected chi connectivity index (χ2v) is 9.54. The summed E-state index contributed by atoms with van der Waals surface area (Å²) < 4.78 is 11.1. The number of thioether (sulfide) groups is 1. The van der Waals surface area contributed by atoms with E-state index in [1.54, 1.807) is 36.3 Å². The first-order chi connectivity index (χ1) is 16.9. The summed E-state index contributed by atoms with van der Waals surface area (Å²) in [5.41, 5.74) is 1.82. The average Bonchev–Trinajstić information content (AvgIpc) is 3.12. The standard InChI is InChI=1S/C26H29N3O5S/c1-18(2)34-21-10-9-19(15-22(21)33-3)16-23-25(31)29(26(32)35-23)17-24(30)28-13-11-27(12-14-28)20-7-5-4-6-8-20/h4-10,15-16,18H,11-14,17H2,1-3H3/b23-16-. The second kappa shape index (κ2) is 10.9. The molecule has 0 saturated carbocycles. The van der Waals surface area contributed by atoms with Crippen molar-refractivity contribution in [1.82, 2.24) is 9.80 Å². The van der Waals surface area contributed by atoms with Gasteiger partial charge < -0.3 is 19.3 Å². The van der Waals surface area contributed by atoms with Gasteiger partial charge >= 0.3 is 0 Å². The van der Waals surface area contributed by atoms with Crippen LogP contribution in [0.4, 0.5) is 10.5 Å². The quantitative estimate of drug-likeness (QED) is 0.540. The summed E-state index contributed by atoms with van der Waals surface area (Å²) in [6, 6.07) is 15.4. The highest BCUT2D eigenvalue weighted by atomic mass is 32.2. The molecular weight excluding hydrogens is 466 g/mol. The van der Waals surface area contributed by atoms with Crippen molar-refractivity contribution in [2.45, 2.75) is 20.0 Å². The van der Waals surface area contributed by atoms with E-state index in [0.717, 1.165) is 22.3 Å². The van der Waals surface area contributed by atoms with E-state index < -0.39 is 11.1 Å². The molecule has 2 fully saturated rings. The summed E-state index contributed by atoms with van der Waals surface area (Å²) in [7, 11) is 1.55. The molecule has 2 saturated heterocycles. The van der Waals surface area contributed by atoms with Crippen molar-refractivity contribution in [2.24, 2.45) is 0 Å². The first kappa shape index (κ1) is 24.7. The predicted molar refractivity (Wildman–Crippen MR) is 137 cm³/mol. The summed E-state index contributed by atoms with van der Waals surface area (Å²) >= 11 is 0.839. The fraction of sp³-hybridized carbons (Fsp3) is 0.346. The molecule has 0 unspecified atom stereocenters. The number of imide groups is 1. The van der Waals surface area contributed by atoms with E-state index in [2.05, 4.69) is 4.90 Å². The van der Waals surface area contributed by atoms with Gasteiger partial charge in [0, 0.05) is 31.9 Å². The lowest BCUT2D eigenvalue weighted by molar-refractivity contribution is -0.136. The van der Waals surface area contributed by atoms with Gasteiger partial charge in [-0.2, -0.15) is 0 Å². The number of carbonyl (C=O) groups excluding carboxylic acids is 3. The number of benzene rings is 2. The molecule has 2 aliphatic rings. The maximum atomic E-state index is 12.9. The number of anilines is 1. The van der Waals surface area contributed by atoms with Crippen LogP contribution in [0.3, 0.4) is 0 Å². The normalized spacial score (nSPS) is 17.5. The molecule has 0 aliphatic carbocycles. The van der Waals surface area contributed by atoms with Crippen molar-refractivity contribution < 1.29 is 23.9 Å². The SMILES string of the molecule is COc1cc(/C=C2\SC(=O)N(CC(=O)N3CCN(c4ccccc4)CC3)C2=O)ccc1OC(C)C. The molecule has 3 amide bonds. The minimum atomic E-state index is -0.460. The zero-order valence-corrected chi connectivity index (χ0v) is 20.9. The molecule has 2 aliphatic heterocycles. The molecule has 0 aromatic heterocycles. The van der Waals surface area contributed by atoms with E-state index in [1.807, 2.05) is 44.2 Å². The molecule has 0 N–H and O–H groups in total. The van der Waals surface area contributed by atoms with Crippen molar-refractivity contribution in [1.29, 1.82) is 0 Å². The highest BCUT2D eigenvalue weighted by molar-refractivity contribution is 8.18. The van der Waals surface area contributed by atoms with Gasteiger partial charge in [0.05, 0.1) is 18.1 Å². The summed E-state index contributed by atoms with van der Waals surface area (Å²) in [4.78, 5) is 43.6. The summed E-state index contributed by atoms with van der Waals surface area (Å²) in [5, 5.41) is -0.441. The van der Waals surface area contributed by atoms with Gasteiger partial charge in [0.15, 0.2) is 11.5 Å². The fourth-order valence-corrected chi connectivity index (χ4v) is 4.84. The van der Waals surface area contributed by atoms with E-state index >= 15 is 0 Å². The molecule has 9 heteroatoms. The number of hydrogen-bond acceptors (Lipinski definition) is 7. The highest BCUT2D eigenvalue weighted by Gasteiger charge is 2.37.